The predicted octanol–water partition coefficient (Wildman–Crippen LogP) is 5.31. The van der Waals surface area contributed by atoms with Crippen molar-refractivity contribution < 1.29 is 35.6 Å². The van der Waals surface area contributed by atoms with Crippen molar-refractivity contribution >= 4 is 5.91 Å². The van der Waals surface area contributed by atoms with Gasteiger partial charge in [-0.3, -0.25) is 9.78 Å². The number of alkyl halides is 6. The second-order valence-corrected chi connectivity index (χ2v) is 6.04. The van der Waals surface area contributed by atoms with Crippen LogP contribution in [0.4, 0.5) is 26.3 Å². The van der Waals surface area contributed by atoms with Gasteiger partial charge in [0.2, 0.25) is 0 Å². The molecule has 3 rings (SSSR count). The van der Waals surface area contributed by atoms with Gasteiger partial charge in [-0.25, -0.2) is 0 Å². The third-order valence-corrected chi connectivity index (χ3v) is 3.94. The van der Waals surface area contributed by atoms with E-state index in [1.54, 1.807) is 18.2 Å². The molecule has 3 aromatic rings. The number of hydrogen-bond donors (Lipinski definition) is 1. The molecule has 10 heteroatoms. The fraction of sp³-hybridized carbons (Fsp3) is 0.158. The lowest BCUT2D eigenvalue weighted by molar-refractivity contribution is -0.143. The van der Waals surface area contributed by atoms with Crippen LogP contribution in [0.15, 0.2) is 59.5 Å². The van der Waals surface area contributed by atoms with Gasteiger partial charge in [-0.15, -0.1) is 0 Å². The molecule has 4 nitrogen and oxygen atoms in total. The third-order valence-electron chi connectivity index (χ3n) is 3.94. The Morgan fingerprint density at radius 3 is 2.10 bits per heavy atom. The maximum atomic E-state index is 12.9. The van der Waals surface area contributed by atoms with Crippen LogP contribution in [0.25, 0.3) is 11.3 Å². The number of nitrogens with one attached hydrogen (secondary N) is 1. The maximum absolute atomic E-state index is 12.9. The molecule has 0 aliphatic rings. The fourth-order valence-electron chi connectivity index (χ4n) is 2.48. The average Bonchev–Trinajstić information content (AvgIpc) is 3.19. The molecule has 0 saturated carbocycles. The number of hydrogen-bond acceptors (Lipinski definition) is 3. The SMILES string of the molecule is O=C(NCc1ccc(-c2ccoc2)nc1)c1cc(C(F)(F)F)cc(C(F)(F)F)c1. The summed E-state index contributed by atoms with van der Waals surface area (Å²) in [5.74, 6) is -1.07. The van der Waals surface area contributed by atoms with Gasteiger partial charge in [0.25, 0.3) is 5.91 Å². The summed E-state index contributed by atoms with van der Waals surface area (Å²) in [4.78, 5) is 16.3. The minimum Gasteiger partial charge on any atom is -0.472 e. The summed E-state index contributed by atoms with van der Waals surface area (Å²) in [5.41, 5.74) is -2.01. The first-order chi connectivity index (χ1) is 13.5. The molecule has 0 atom stereocenters. The molecule has 1 N–H and O–H groups in total. The van der Waals surface area contributed by atoms with E-state index in [0.29, 0.717) is 23.4 Å². The normalized spacial score (nSPS) is 12.1. The van der Waals surface area contributed by atoms with Crippen molar-refractivity contribution in [3.8, 4) is 11.3 Å². The highest BCUT2D eigenvalue weighted by Crippen LogP contribution is 2.36. The van der Waals surface area contributed by atoms with Gasteiger partial charge in [0.15, 0.2) is 0 Å². The van der Waals surface area contributed by atoms with Crippen molar-refractivity contribution in [3.05, 3.63) is 77.4 Å². The Kier molecular flexibility index (Phi) is 5.36. The van der Waals surface area contributed by atoms with E-state index in [9.17, 15) is 31.1 Å². The topological polar surface area (TPSA) is 55.1 Å². The number of nitrogens with zero attached hydrogens (tertiary/aromatic N) is 1. The Hall–Kier alpha value is -3.30. The van der Waals surface area contributed by atoms with Crippen LogP contribution >= 0.6 is 0 Å². The molecular weight excluding hydrogens is 402 g/mol. The molecule has 1 aromatic carbocycles. The highest BCUT2D eigenvalue weighted by Gasteiger charge is 2.37. The number of amides is 1. The molecule has 0 bridgehead atoms. The van der Waals surface area contributed by atoms with Crippen molar-refractivity contribution in [2.75, 3.05) is 0 Å². The Bertz CT molecular complexity index is 961. The average molecular weight is 414 g/mol. The molecule has 0 aliphatic carbocycles. The second kappa shape index (κ2) is 7.61. The molecule has 0 spiro atoms. The number of pyridine rings is 1. The van der Waals surface area contributed by atoms with Gasteiger partial charge < -0.3 is 9.73 Å². The zero-order valence-electron chi connectivity index (χ0n) is 14.4. The predicted molar refractivity (Wildman–Crippen MR) is 89.6 cm³/mol. The lowest BCUT2D eigenvalue weighted by Crippen LogP contribution is -2.24. The minimum absolute atomic E-state index is 0.0324. The van der Waals surface area contributed by atoms with Crippen molar-refractivity contribution in [2.24, 2.45) is 0 Å². The van der Waals surface area contributed by atoms with Crippen LogP contribution in [-0.4, -0.2) is 10.9 Å². The van der Waals surface area contributed by atoms with Crippen molar-refractivity contribution in [3.63, 3.8) is 0 Å². The van der Waals surface area contributed by atoms with Gasteiger partial charge in [-0.05, 0) is 35.9 Å². The summed E-state index contributed by atoms with van der Waals surface area (Å²) in [5, 5.41) is 2.29. The lowest BCUT2D eigenvalue weighted by atomic mass is 10.0. The highest BCUT2D eigenvalue weighted by atomic mass is 19.4. The Balaban J connectivity index is 1.76. The molecule has 0 saturated heterocycles. The maximum Gasteiger partial charge on any atom is 0.416 e. The van der Waals surface area contributed by atoms with E-state index in [0.717, 1.165) is 5.56 Å². The Labute approximate surface area is 160 Å². The van der Waals surface area contributed by atoms with E-state index in [4.69, 9.17) is 4.42 Å². The number of furan rings is 1. The number of halogens is 6. The smallest absolute Gasteiger partial charge is 0.416 e. The number of benzene rings is 1. The molecule has 0 fully saturated rings. The molecule has 0 aliphatic heterocycles. The van der Waals surface area contributed by atoms with E-state index in [-0.39, 0.29) is 12.6 Å². The van der Waals surface area contributed by atoms with Crippen molar-refractivity contribution in [1.29, 1.82) is 0 Å². The summed E-state index contributed by atoms with van der Waals surface area (Å²) >= 11 is 0. The largest absolute Gasteiger partial charge is 0.472 e. The van der Waals surface area contributed by atoms with E-state index in [2.05, 4.69) is 10.3 Å². The van der Waals surface area contributed by atoms with Crippen LogP contribution in [-0.2, 0) is 18.9 Å². The summed E-state index contributed by atoms with van der Waals surface area (Å²) in [6.07, 6.45) is -5.67. The number of aromatic nitrogens is 1. The highest BCUT2D eigenvalue weighted by molar-refractivity contribution is 5.94. The van der Waals surface area contributed by atoms with Gasteiger partial charge in [0.05, 0.1) is 29.3 Å². The third kappa shape index (κ3) is 4.95. The van der Waals surface area contributed by atoms with Gasteiger partial charge in [-0.1, -0.05) is 6.07 Å². The first kappa shape index (κ1) is 20.4. The minimum atomic E-state index is -5.02. The number of carbonyl (C=O) groups is 1. The van der Waals surface area contributed by atoms with Crippen LogP contribution in [0.2, 0.25) is 0 Å². The summed E-state index contributed by atoms with van der Waals surface area (Å²) < 4.78 is 82.3. The molecule has 2 aromatic heterocycles. The van der Waals surface area contributed by atoms with Crippen LogP contribution in [0.5, 0.6) is 0 Å². The van der Waals surface area contributed by atoms with E-state index >= 15 is 0 Å². The Morgan fingerprint density at radius 1 is 0.966 bits per heavy atom. The molecule has 2 heterocycles. The van der Waals surface area contributed by atoms with Crippen LogP contribution < -0.4 is 5.32 Å². The van der Waals surface area contributed by atoms with E-state index in [1.165, 1.54) is 18.7 Å². The summed E-state index contributed by atoms with van der Waals surface area (Å²) in [6, 6.07) is 5.67. The quantitative estimate of drug-likeness (QED) is 0.589. The fourth-order valence-corrected chi connectivity index (χ4v) is 2.48. The molecule has 0 unspecified atom stereocenters. The molecular formula is C19H12F6N2O2. The first-order valence-corrected chi connectivity index (χ1v) is 8.09. The monoisotopic (exact) mass is 414 g/mol. The Morgan fingerprint density at radius 2 is 1.62 bits per heavy atom. The second-order valence-electron chi connectivity index (χ2n) is 6.04. The molecule has 152 valence electrons. The number of rotatable bonds is 4. The lowest BCUT2D eigenvalue weighted by Gasteiger charge is -2.14. The molecule has 0 radical (unpaired) electrons. The van der Waals surface area contributed by atoms with Gasteiger partial charge in [0, 0.05) is 23.9 Å². The van der Waals surface area contributed by atoms with Crippen molar-refractivity contribution in [2.45, 2.75) is 18.9 Å². The first-order valence-electron chi connectivity index (χ1n) is 8.09. The van der Waals surface area contributed by atoms with Crippen molar-refractivity contribution in [1.82, 2.24) is 10.3 Å². The zero-order chi connectivity index (χ0) is 21.2. The summed E-state index contributed by atoms with van der Waals surface area (Å²) in [7, 11) is 0. The van der Waals surface area contributed by atoms with E-state index in [1.807, 2.05) is 0 Å². The molecule has 1 amide bonds. The van der Waals surface area contributed by atoms with Crippen LogP contribution in [0.3, 0.4) is 0 Å². The summed E-state index contributed by atoms with van der Waals surface area (Å²) in [6.45, 7) is -0.130. The van der Waals surface area contributed by atoms with Crippen LogP contribution in [0, 0.1) is 0 Å². The van der Waals surface area contributed by atoms with Gasteiger partial charge >= 0.3 is 12.4 Å². The van der Waals surface area contributed by atoms with Gasteiger partial charge in [-0.2, -0.15) is 26.3 Å². The van der Waals surface area contributed by atoms with Crippen LogP contribution in [0.1, 0.15) is 27.0 Å². The standard InChI is InChI=1S/C19H12F6N2O2/c20-18(21,22)14-5-13(6-15(7-14)19(23,24)25)17(28)27-9-11-1-2-16(26-8-11)12-3-4-29-10-12/h1-8,10H,9H2,(H,27,28). The van der Waals surface area contributed by atoms with E-state index < -0.39 is 35.0 Å². The van der Waals surface area contributed by atoms with Gasteiger partial charge in [0.1, 0.15) is 0 Å². The number of carbonyl (C=O) groups excluding carboxylic acids is 1. The zero-order valence-corrected chi connectivity index (χ0v) is 14.4. The molecule has 29 heavy (non-hydrogen) atoms.